The highest BCUT2D eigenvalue weighted by Crippen LogP contribution is 2.33. The third-order valence-corrected chi connectivity index (χ3v) is 5.57. The van der Waals surface area contributed by atoms with Crippen LogP contribution in [0.3, 0.4) is 0 Å². The van der Waals surface area contributed by atoms with E-state index >= 15 is 0 Å². The molecule has 0 aromatic rings. The van der Waals surface area contributed by atoms with Gasteiger partial charge >= 0.3 is 5.97 Å². The number of allylic oxidation sites excluding steroid dienone is 4. The van der Waals surface area contributed by atoms with Gasteiger partial charge in [-0.05, 0) is 57.3 Å². The molecule has 1 fully saturated rings. The van der Waals surface area contributed by atoms with Gasteiger partial charge in [0, 0.05) is 25.4 Å². The highest BCUT2D eigenvalue weighted by Gasteiger charge is 2.31. The first-order valence-corrected chi connectivity index (χ1v) is 11.2. The smallest absolute Gasteiger partial charge is 0.374 e. The molecule has 5 nitrogen and oxygen atoms in total. The van der Waals surface area contributed by atoms with Crippen LogP contribution in [0.2, 0.25) is 0 Å². The van der Waals surface area contributed by atoms with Crippen molar-refractivity contribution in [2.24, 2.45) is 17.8 Å². The molecule has 0 saturated heterocycles. The molecule has 0 aliphatic heterocycles. The fourth-order valence-electron chi connectivity index (χ4n) is 3.75. The van der Waals surface area contributed by atoms with E-state index in [2.05, 4.69) is 23.8 Å². The minimum atomic E-state index is -0.749. The predicted octanol–water partition coefficient (Wildman–Crippen LogP) is 4.58. The number of ketones is 2. The Kier molecular flexibility index (Phi) is 13.2. The molecular formula is C24H38O5. The Labute approximate surface area is 175 Å². The molecule has 164 valence electrons. The zero-order valence-corrected chi connectivity index (χ0v) is 18.1. The fourth-order valence-corrected chi connectivity index (χ4v) is 3.75. The lowest BCUT2D eigenvalue weighted by atomic mass is 9.90. The van der Waals surface area contributed by atoms with E-state index in [1.165, 1.54) is 0 Å². The first-order chi connectivity index (χ1) is 14.0. The zero-order chi connectivity index (χ0) is 21.5. The van der Waals surface area contributed by atoms with Gasteiger partial charge in [0.15, 0.2) is 0 Å². The third kappa shape index (κ3) is 10.0. The predicted molar refractivity (Wildman–Crippen MR) is 114 cm³/mol. The highest BCUT2D eigenvalue weighted by atomic mass is 16.5. The summed E-state index contributed by atoms with van der Waals surface area (Å²) in [5, 5.41) is 9.47. The Morgan fingerprint density at radius 1 is 1.21 bits per heavy atom. The summed E-state index contributed by atoms with van der Waals surface area (Å²) in [4.78, 5) is 35.0. The number of carbonyl (C=O) groups excluding carboxylic acids is 3. The Bertz CT molecular complexity index is 564. The number of carbonyl (C=O) groups is 3. The minimum Gasteiger partial charge on any atom is -0.460 e. The van der Waals surface area contributed by atoms with Crippen LogP contribution in [0.5, 0.6) is 0 Å². The second kappa shape index (κ2) is 15.1. The van der Waals surface area contributed by atoms with Crippen LogP contribution in [-0.2, 0) is 19.1 Å². The van der Waals surface area contributed by atoms with Crippen LogP contribution in [0.25, 0.3) is 0 Å². The summed E-state index contributed by atoms with van der Waals surface area (Å²) >= 11 is 0. The Morgan fingerprint density at radius 2 is 2.00 bits per heavy atom. The van der Waals surface area contributed by atoms with Gasteiger partial charge in [0.2, 0.25) is 5.78 Å². The number of Topliss-reactive ketones (excluding diaryl/α,β-unsaturated/α-hetero) is 2. The Morgan fingerprint density at radius 3 is 2.69 bits per heavy atom. The van der Waals surface area contributed by atoms with Crippen molar-refractivity contribution in [1.29, 1.82) is 0 Å². The van der Waals surface area contributed by atoms with Crippen molar-refractivity contribution in [2.75, 3.05) is 13.2 Å². The van der Waals surface area contributed by atoms with Crippen LogP contribution in [-0.4, -0.2) is 35.9 Å². The zero-order valence-electron chi connectivity index (χ0n) is 18.1. The standard InChI is InChI=1S/C24H38O5/c1-3-5-11-19(18-25)12-10-13-20-16-17-22(26)21(20)14-8-6-7-9-15-23(27)24(28)29-4-2/h6,8,10,13,19-21,25H,3-5,7,9,11-12,14-18H2,1-2H3/t19?,20-,21+/m0/s1. The van der Waals surface area contributed by atoms with E-state index in [1.807, 2.05) is 12.2 Å². The number of ether oxygens (including phenoxy) is 1. The molecule has 1 N–H and O–H groups in total. The molecule has 1 unspecified atom stereocenters. The van der Waals surface area contributed by atoms with Gasteiger partial charge in [-0.25, -0.2) is 4.79 Å². The molecule has 0 heterocycles. The van der Waals surface area contributed by atoms with Gasteiger partial charge < -0.3 is 9.84 Å². The highest BCUT2D eigenvalue weighted by molar-refractivity contribution is 6.33. The maximum absolute atomic E-state index is 12.2. The van der Waals surface area contributed by atoms with Crippen LogP contribution in [0.15, 0.2) is 24.3 Å². The SMILES string of the molecule is CCCCC(CO)CC=C[C@H]1CCC(=O)[C@@H]1CC=CCCCC(=O)C(=O)OCC. The summed E-state index contributed by atoms with van der Waals surface area (Å²) in [5.74, 6) is -0.266. The molecule has 1 saturated carbocycles. The quantitative estimate of drug-likeness (QED) is 0.186. The first-order valence-electron chi connectivity index (χ1n) is 11.2. The van der Waals surface area contributed by atoms with Crippen LogP contribution < -0.4 is 0 Å². The minimum absolute atomic E-state index is 0.0342. The normalized spacial score (nSPS) is 20.6. The first kappa shape index (κ1) is 25.3. The Hall–Kier alpha value is -1.75. The van der Waals surface area contributed by atoms with Gasteiger partial charge in [-0.15, -0.1) is 0 Å². The molecule has 1 aliphatic carbocycles. The van der Waals surface area contributed by atoms with E-state index in [4.69, 9.17) is 0 Å². The molecule has 5 heteroatoms. The molecule has 1 aliphatic rings. The third-order valence-electron chi connectivity index (χ3n) is 5.57. The molecule has 0 aromatic carbocycles. The molecule has 0 bridgehead atoms. The summed E-state index contributed by atoms with van der Waals surface area (Å²) in [6.07, 6.45) is 16.3. The van der Waals surface area contributed by atoms with Gasteiger partial charge in [-0.3, -0.25) is 9.59 Å². The summed E-state index contributed by atoms with van der Waals surface area (Å²) < 4.78 is 4.68. The maximum Gasteiger partial charge on any atom is 0.374 e. The summed E-state index contributed by atoms with van der Waals surface area (Å²) in [5.41, 5.74) is 0. The van der Waals surface area contributed by atoms with Crippen molar-refractivity contribution in [1.82, 2.24) is 0 Å². The molecular weight excluding hydrogens is 368 g/mol. The van der Waals surface area contributed by atoms with Crippen LogP contribution in [0.1, 0.15) is 78.1 Å². The van der Waals surface area contributed by atoms with Crippen molar-refractivity contribution < 1.29 is 24.2 Å². The van der Waals surface area contributed by atoms with Gasteiger partial charge in [-0.1, -0.05) is 44.1 Å². The number of aliphatic hydroxyl groups excluding tert-OH is 1. The van der Waals surface area contributed by atoms with Crippen molar-refractivity contribution >= 4 is 17.5 Å². The lowest BCUT2D eigenvalue weighted by Gasteiger charge is -2.14. The van der Waals surface area contributed by atoms with Crippen molar-refractivity contribution in [2.45, 2.75) is 78.1 Å². The van der Waals surface area contributed by atoms with E-state index < -0.39 is 11.8 Å². The average Bonchev–Trinajstić information content (AvgIpc) is 3.06. The van der Waals surface area contributed by atoms with Crippen LogP contribution in [0, 0.1) is 17.8 Å². The largest absolute Gasteiger partial charge is 0.460 e. The van der Waals surface area contributed by atoms with E-state index in [1.54, 1.807) is 6.92 Å². The number of esters is 1. The van der Waals surface area contributed by atoms with E-state index in [0.29, 0.717) is 31.0 Å². The van der Waals surface area contributed by atoms with E-state index in [9.17, 15) is 19.5 Å². The second-order valence-corrected chi connectivity index (χ2v) is 7.87. The number of aliphatic hydroxyl groups is 1. The molecule has 29 heavy (non-hydrogen) atoms. The van der Waals surface area contributed by atoms with Gasteiger partial charge in [0.1, 0.15) is 5.78 Å². The maximum atomic E-state index is 12.2. The molecule has 3 atom stereocenters. The molecule has 1 rings (SSSR count). The van der Waals surface area contributed by atoms with Gasteiger partial charge in [0.05, 0.1) is 6.61 Å². The molecule has 0 radical (unpaired) electrons. The fraction of sp³-hybridized carbons (Fsp3) is 0.708. The summed E-state index contributed by atoms with van der Waals surface area (Å²) in [6.45, 7) is 4.27. The lowest BCUT2D eigenvalue weighted by molar-refractivity contribution is -0.153. The van der Waals surface area contributed by atoms with Crippen LogP contribution in [0.4, 0.5) is 0 Å². The average molecular weight is 407 g/mol. The summed E-state index contributed by atoms with van der Waals surface area (Å²) in [6, 6.07) is 0. The summed E-state index contributed by atoms with van der Waals surface area (Å²) in [7, 11) is 0. The number of hydrogen-bond donors (Lipinski definition) is 1. The van der Waals surface area contributed by atoms with Crippen molar-refractivity contribution in [3.63, 3.8) is 0 Å². The monoisotopic (exact) mass is 406 g/mol. The van der Waals surface area contributed by atoms with Crippen LogP contribution >= 0.6 is 0 Å². The van der Waals surface area contributed by atoms with Crippen molar-refractivity contribution in [3.05, 3.63) is 24.3 Å². The number of unbranched alkanes of at least 4 members (excludes halogenated alkanes) is 2. The topological polar surface area (TPSA) is 80.7 Å². The lowest BCUT2D eigenvalue weighted by Crippen LogP contribution is -2.16. The van der Waals surface area contributed by atoms with Gasteiger partial charge in [-0.2, -0.15) is 0 Å². The molecule has 0 spiro atoms. The number of hydrogen-bond acceptors (Lipinski definition) is 5. The van der Waals surface area contributed by atoms with E-state index in [-0.39, 0.29) is 31.5 Å². The molecule has 0 aromatic heterocycles. The number of rotatable bonds is 15. The second-order valence-electron chi connectivity index (χ2n) is 7.87. The van der Waals surface area contributed by atoms with Gasteiger partial charge in [0.25, 0.3) is 0 Å². The van der Waals surface area contributed by atoms with Crippen molar-refractivity contribution in [3.8, 4) is 0 Å². The molecule has 0 amide bonds. The Balaban J connectivity index is 2.36. The van der Waals surface area contributed by atoms with E-state index in [0.717, 1.165) is 38.5 Å².